The fourth-order valence-electron chi connectivity index (χ4n) is 4.20. The first-order valence-corrected chi connectivity index (χ1v) is 13.5. The van der Waals surface area contributed by atoms with E-state index in [-0.39, 0.29) is 5.28 Å². The molecular formula is C36H27ClN4O. The predicted molar refractivity (Wildman–Crippen MR) is 170 cm³/mol. The van der Waals surface area contributed by atoms with Crippen molar-refractivity contribution in [1.29, 1.82) is 0 Å². The van der Waals surface area contributed by atoms with Crippen LogP contribution >= 0.6 is 11.6 Å². The molecule has 0 radical (unpaired) electrons. The van der Waals surface area contributed by atoms with E-state index < -0.39 is 0 Å². The molecule has 0 spiro atoms. The molecule has 2 aromatic heterocycles. The summed E-state index contributed by atoms with van der Waals surface area (Å²) in [5, 5.41) is 1.12. The minimum absolute atomic E-state index is 0.243. The van der Waals surface area contributed by atoms with Gasteiger partial charge in [0.2, 0.25) is 5.28 Å². The van der Waals surface area contributed by atoms with Crippen LogP contribution in [0.3, 0.4) is 0 Å². The summed E-state index contributed by atoms with van der Waals surface area (Å²) in [7, 11) is 1.64. The Labute approximate surface area is 253 Å². The lowest BCUT2D eigenvalue weighted by atomic mass is 9.91. The van der Waals surface area contributed by atoms with E-state index in [1.54, 1.807) is 33.4 Å². The van der Waals surface area contributed by atoms with Gasteiger partial charge < -0.3 is 9.64 Å². The van der Waals surface area contributed by atoms with Crippen molar-refractivity contribution >= 4 is 28.3 Å². The molecule has 0 saturated carbocycles. The SMILES string of the molecule is CC#CC#CC#CC#CC#CC#CC#CC.COc1cncc2nc(Cl)nc(N3CCC[C@H](Cc4ccccc4)C3)c12. The standard InChI is InChI=1S/C20H21ClN4O.C16H6/c1-26-17-12-22-11-16-18(17)19(24-20(21)23-16)25-9-5-8-15(13-25)10-14-6-3-2-4-7-14;1-3-5-7-9-11-13-15-16-14-12-10-8-6-4-2/h2-4,6-7,11-12,15H,5,8-10,13H2,1H3;1-2H3/t15-;/m1./s1. The second kappa shape index (κ2) is 18.0. The Balaban J connectivity index is 0.000000263. The summed E-state index contributed by atoms with van der Waals surface area (Å²) >= 11 is 6.19. The van der Waals surface area contributed by atoms with Gasteiger partial charge in [0.25, 0.3) is 0 Å². The molecule has 3 aromatic rings. The highest BCUT2D eigenvalue weighted by atomic mass is 35.5. The number of benzene rings is 1. The fourth-order valence-corrected chi connectivity index (χ4v) is 4.37. The van der Waals surface area contributed by atoms with Crippen LogP contribution in [0, 0.1) is 88.8 Å². The lowest BCUT2D eigenvalue weighted by Crippen LogP contribution is -2.37. The summed E-state index contributed by atoms with van der Waals surface area (Å²) in [5.41, 5.74) is 2.09. The molecule has 5 nitrogen and oxygen atoms in total. The number of hydrogen-bond donors (Lipinski definition) is 0. The van der Waals surface area contributed by atoms with Crippen LogP contribution < -0.4 is 9.64 Å². The molecular weight excluding hydrogens is 540 g/mol. The third-order valence-corrected chi connectivity index (χ3v) is 6.04. The average Bonchev–Trinajstić information content (AvgIpc) is 3.02. The average molecular weight is 567 g/mol. The van der Waals surface area contributed by atoms with Crippen molar-refractivity contribution in [2.75, 3.05) is 25.1 Å². The summed E-state index contributed by atoms with van der Waals surface area (Å²) in [6.45, 7) is 5.32. The molecule has 0 N–H and O–H groups in total. The molecule has 1 atom stereocenters. The molecule has 1 aromatic carbocycles. The smallest absolute Gasteiger partial charge is 0.224 e. The van der Waals surface area contributed by atoms with Crippen LogP contribution in [0.15, 0.2) is 42.7 Å². The third-order valence-electron chi connectivity index (χ3n) is 5.87. The van der Waals surface area contributed by atoms with Crippen LogP contribution in [0.5, 0.6) is 5.75 Å². The fraction of sp³-hybridized carbons (Fsp3) is 0.250. The Bertz CT molecular complexity index is 1780. The number of anilines is 1. The van der Waals surface area contributed by atoms with E-state index in [0.717, 1.165) is 37.1 Å². The van der Waals surface area contributed by atoms with Gasteiger partial charge in [-0.05, 0) is 127 Å². The van der Waals surface area contributed by atoms with Crippen molar-refractivity contribution < 1.29 is 4.74 Å². The molecule has 0 aliphatic carbocycles. The normalized spacial score (nSPS) is 12.3. The molecule has 0 amide bonds. The number of halogens is 1. The summed E-state index contributed by atoms with van der Waals surface area (Å²) < 4.78 is 5.51. The second-order valence-electron chi connectivity index (χ2n) is 8.70. The van der Waals surface area contributed by atoms with Gasteiger partial charge in [0, 0.05) is 13.1 Å². The molecule has 204 valence electrons. The lowest BCUT2D eigenvalue weighted by molar-refractivity contribution is 0.409. The van der Waals surface area contributed by atoms with E-state index in [0.29, 0.717) is 17.2 Å². The zero-order chi connectivity index (χ0) is 29.8. The second-order valence-corrected chi connectivity index (χ2v) is 9.03. The highest BCUT2D eigenvalue weighted by Gasteiger charge is 2.24. The van der Waals surface area contributed by atoms with Crippen LogP contribution in [-0.2, 0) is 6.42 Å². The molecule has 1 saturated heterocycles. The van der Waals surface area contributed by atoms with Gasteiger partial charge in [0.1, 0.15) is 11.6 Å². The van der Waals surface area contributed by atoms with Crippen LogP contribution in [-0.4, -0.2) is 35.2 Å². The molecule has 0 bridgehead atoms. The van der Waals surface area contributed by atoms with Gasteiger partial charge >= 0.3 is 0 Å². The first-order valence-electron chi connectivity index (χ1n) is 13.1. The lowest BCUT2D eigenvalue weighted by Gasteiger charge is -2.34. The molecule has 6 heteroatoms. The van der Waals surface area contributed by atoms with Gasteiger partial charge in [-0.15, -0.1) is 0 Å². The Kier molecular flexibility index (Phi) is 13.3. The highest BCUT2D eigenvalue weighted by Crippen LogP contribution is 2.35. The van der Waals surface area contributed by atoms with Gasteiger partial charge in [-0.3, -0.25) is 4.98 Å². The quantitative estimate of drug-likeness (QED) is 0.321. The van der Waals surface area contributed by atoms with E-state index in [2.05, 4.69) is 133 Å². The molecule has 4 rings (SSSR count). The van der Waals surface area contributed by atoms with Crippen molar-refractivity contribution in [3.63, 3.8) is 0 Å². The van der Waals surface area contributed by atoms with Crippen LogP contribution in [0.1, 0.15) is 32.3 Å². The molecule has 1 aliphatic rings. The number of methoxy groups -OCH3 is 1. The summed E-state index contributed by atoms with van der Waals surface area (Å²) in [5.74, 6) is 37.7. The first-order chi connectivity index (χ1) is 20.7. The Hall–Kier alpha value is -5.48. The Morgan fingerprint density at radius 3 is 2.00 bits per heavy atom. The minimum Gasteiger partial charge on any atom is -0.494 e. The number of piperidine rings is 1. The molecule has 42 heavy (non-hydrogen) atoms. The number of fused-ring (bicyclic) bond motifs is 1. The van der Waals surface area contributed by atoms with E-state index in [1.807, 2.05) is 0 Å². The monoisotopic (exact) mass is 566 g/mol. The number of aromatic nitrogens is 3. The zero-order valence-corrected chi connectivity index (χ0v) is 24.5. The maximum Gasteiger partial charge on any atom is 0.224 e. The maximum atomic E-state index is 6.19. The van der Waals surface area contributed by atoms with Crippen molar-refractivity contribution in [3.8, 4) is 88.6 Å². The van der Waals surface area contributed by atoms with Crippen molar-refractivity contribution in [1.82, 2.24) is 15.0 Å². The molecule has 0 unspecified atom stereocenters. The Morgan fingerprint density at radius 1 is 0.833 bits per heavy atom. The van der Waals surface area contributed by atoms with E-state index >= 15 is 0 Å². The third kappa shape index (κ3) is 10.2. The largest absolute Gasteiger partial charge is 0.494 e. The number of nitrogens with zero attached hydrogens (tertiary/aromatic N) is 4. The van der Waals surface area contributed by atoms with Gasteiger partial charge in [-0.25, -0.2) is 4.98 Å². The maximum absolute atomic E-state index is 6.19. The summed E-state index contributed by atoms with van der Waals surface area (Å²) in [6, 6.07) is 10.7. The number of rotatable bonds is 4. The molecule has 1 aliphatic heterocycles. The molecule has 1 fully saturated rings. The zero-order valence-electron chi connectivity index (χ0n) is 23.7. The number of hydrogen-bond acceptors (Lipinski definition) is 5. The topological polar surface area (TPSA) is 51.1 Å². The van der Waals surface area contributed by atoms with Crippen molar-refractivity contribution in [3.05, 3.63) is 53.6 Å². The molecule has 3 heterocycles. The van der Waals surface area contributed by atoms with E-state index in [4.69, 9.17) is 16.3 Å². The van der Waals surface area contributed by atoms with Gasteiger partial charge in [0.15, 0.2) is 0 Å². The highest BCUT2D eigenvalue weighted by molar-refractivity contribution is 6.29. The van der Waals surface area contributed by atoms with Crippen LogP contribution in [0.2, 0.25) is 5.28 Å². The predicted octanol–water partition coefficient (Wildman–Crippen LogP) is 5.20. The number of pyridine rings is 1. The summed E-state index contributed by atoms with van der Waals surface area (Å²) in [6.07, 6.45) is 6.84. The minimum atomic E-state index is 0.243. The van der Waals surface area contributed by atoms with E-state index in [1.165, 1.54) is 12.0 Å². The number of ether oxygens (including phenoxy) is 1. The van der Waals surface area contributed by atoms with E-state index in [9.17, 15) is 0 Å². The van der Waals surface area contributed by atoms with Gasteiger partial charge in [-0.2, -0.15) is 4.98 Å². The van der Waals surface area contributed by atoms with Gasteiger partial charge in [-0.1, -0.05) is 42.2 Å². The van der Waals surface area contributed by atoms with Gasteiger partial charge in [0.05, 0.1) is 30.4 Å². The first kappa shape index (κ1) is 31.1. The van der Waals surface area contributed by atoms with Crippen molar-refractivity contribution in [2.45, 2.75) is 33.1 Å². The van der Waals surface area contributed by atoms with Crippen molar-refractivity contribution in [2.24, 2.45) is 5.92 Å². The van der Waals surface area contributed by atoms with Crippen LogP contribution in [0.25, 0.3) is 10.9 Å². The Morgan fingerprint density at radius 2 is 1.43 bits per heavy atom. The summed E-state index contributed by atoms with van der Waals surface area (Å²) in [4.78, 5) is 15.4. The van der Waals surface area contributed by atoms with Crippen LogP contribution in [0.4, 0.5) is 5.82 Å².